The van der Waals surface area contributed by atoms with Crippen LogP contribution in [-0.2, 0) is 0 Å². The third kappa shape index (κ3) is 5.93. The second kappa shape index (κ2) is 13.7. The van der Waals surface area contributed by atoms with Gasteiger partial charge >= 0.3 is 0 Å². The molecule has 1 heterocycles. The quantitative estimate of drug-likeness (QED) is 0.160. The first-order valence-corrected chi connectivity index (χ1v) is 19.2. The van der Waals surface area contributed by atoms with Crippen LogP contribution in [0.1, 0.15) is 0 Å². The number of nitrogens with zero attached hydrogens (tertiary/aromatic N) is 1. The predicted octanol–water partition coefficient (Wildman–Crippen LogP) is 15.3. The lowest BCUT2D eigenvalue weighted by Gasteiger charge is -2.27. The van der Waals surface area contributed by atoms with E-state index in [1.54, 1.807) is 0 Å². The maximum atomic E-state index is 2.39. The lowest BCUT2D eigenvalue weighted by Crippen LogP contribution is -2.10. The summed E-state index contributed by atoms with van der Waals surface area (Å²) in [5, 5.41) is 5.15. The van der Waals surface area contributed by atoms with Gasteiger partial charge < -0.3 is 4.90 Å². The Kier molecular flexibility index (Phi) is 8.09. The van der Waals surface area contributed by atoms with Gasteiger partial charge in [0.15, 0.2) is 0 Å². The van der Waals surface area contributed by atoms with Gasteiger partial charge in [0.05, 0.1) is 0 Å². The van der Waals surface area contributed by atoms with E-state index in [4.69, 9.17) is 0 Å². The van der Waals surface area contributed by atoms with Crippen LogP contribution in [0, 0.1) is 0 Å². The van der Waals surface area contributed by atoms with Crippen molar-refractivity contribution >= 4 is 59.3 Å². The Balaban J connectivity index is 1.08. The summed E-state index contributed by atoms with van der Waals surface area (Å²) in [6.45, 7) is 0. The lowest BCUT2D eigenvalue weighted by molar-refractivity contribution is 1.28. The summed E-state index contributed by atoms with van der Waals surface area (Å²) >= 11 is 1.86. The summed E-state index contributed by atoms with van der Waals surface area (Å²) in [5.74, 6) is 0. The van der Waals surface area contributed by atoms with Crippen LogP contribution in [0.4, 0.5) is 17.1 Å². The molecule has 10 aromatic rings. The van der Waals surface area contributed by atoms with Crippen LogP contribution in [0.3, 0.4) is 0 Å². The molecular weight excluding hydrogens is 671 g/mol. The molecule has 1 aromatic heterocycles. The van der Waals surface area contributed by atoms with E-state index in [1.807, 2.05) is 11.3 Å². The maximum Gasteiger partial charge on any atom is 0.0467 e. The molecule has 0 radical (unpaired) electrons. The van der Waals surface area contributed by atoms with Crippen LogP contribution in [0.25, 0.3) is 75.5 Å². The molecule has 0 saturated heterocycles. The minimum absolute atomic E-state index is 1.10. The SMILES string of the molecule is c1ccc(-c2cccc(-c3cccc(N(c4ccc(-c5ccc6c(c5)sc5ccccc56)cc4)c4cccc(-c5cccc6ccccc56)c4)c3)c2)cc1. The predicted molar refractivity (Wildman–Crippen MR) is 233 cm³/mol. The van der Waals surface area contributed by atoms with Crippen LogP contribution in [0.15, 0.2) is 212 Å². The number of hydrogen-bond acceptors (Lipinski definition) is 2. The average molecular weight is 706 g/mol. The van der Waals surface area contributed by atoms with E-state index in [0.29, 0.717) is 0 Å². The van der Waals surface area contributed by atoms with Gasteiger partial charge in [0.1, 0.15) is 0 Å². The van der Waals surface area contributed by atoms with Gasteiger partial charge in [-0.05, 0) is 110 Å². The summed E-state index contributed by atoms with van der Waals surface area (Å²) in [6, 6.07) is 77.2. The second-order valence-electron chi connectivity index (χ2n) is 13.8. The number of fused-ring (bicyclic) bond motifs is 4. The minimum atomic E-state index is 1.10. The normalized spacial score (nSPS) is 11.3. The molecule has 0 unspecified atom stereocenters. The zero-order valence-corrected chi connectivity index (χ0v) is 30.4. The average Bonchev–Trinajstić information content (AvgIpc) is 3.62. The maximum absolute atomic E-state index is 2.39. The Morgan fingerprint density at radius 1 is 0.278 bits per heavy atom. The standard InChI is InChI=1S/C52H35NS/c1-2-12-36(13-3-1)39-16-8-17-40(32-39)41-18-9-20-45(33-41)53(46-21-10-19-43(34-46)48-24-11-15-38-14-4-5-22-47(38)48)44-29-26-37(27-30-44)42-28-31-50-49-23-6-7-25-51(49)54-52(50)35-42/h1-35H. The third-order valence-corrected chi connectivity index (χ3v) is 11.6. The summed E-state index contributed by atoms with van der Waals surface area (Å²) < 4.78 is 2.65. The van der Waals surface area contributed by atoms with Crippen molar-refractivity contribution < 1.29 is 0 Å². The Morgan fingerprint density at radius 2 is 0.796 bits per heavy atom. The number of thiophene rings is 1. The second-order valence-corrected chi connectivity index (χ2v) is 14.8. The molecule has 54 heavy (non-hydrogen) atoms. The first-order valence-electron chi connectivity index (χ1n) is 18.4. The third-order valence-electron chi connectivity index (χ3n) is 10.4. The van der Waals surface area contributed by atoms with Crippen LogP contribution in [0.5, 0.6) is 0 Å². The molecule has 0 atom stereocenters. The van der Waals surface area contributed by atoms with Gasteiger partial charge in [0.2, 0.25) is 0 Å². The van der Waals surface area contributed by atoms with Crippen LogP contribution < -0.4 is 4.90 Å². The fraction of sp³-hybridized carbons (Fsp3) is 0. The molecule has 0 aliphatic heterocycles. The van der Waals surface area contributed by atoms with Gasteiger partial charge in [0, 0.05) is 37.2 Å². The van der Waals surface area contributed by atoms with Crippen molar-refractivity contribution in [3.05, 3.63) is 212 Å². The van der Waals surface area contributed by atoms with Crippen molar-refractivity contribution in [1.82, 2.24) is 0 Å². The van der Waals surface area contributed by atoms with Crippen LogP contribution in [-0.4, -0.2) is 0 Å². The zero-order chi connectivity index (χ0) is 35.8. The molecule has 0 saturated carbocycles. The summed E-state index contributed by atoms with van der Waals surface area (Å²) in [5.41, 5.74) is 13.0. The first kappa shape index (κ1) is 32.0. The van der Waals surface area contributed by atoms with Gasteiger partial charge in [-0.3, -0.25) is 0 Å². The Bertz CT molecular complexity index is 2930. The van der Waals surface area contributed by atoms with E-state index in [0.717, 1.165) is 17.1 Å². The monoisotopic (exact) mass is 705 g/mol. The molecule has 254 valence electrons. The van der Waals surface area contributed by atoms with Crippen molar-refractivity contribution in [2.24, 2.45) is 0 Å². The zero-order valence-electron chi connectivity index (χ0n) is 29.6. The summed E-state index contributed by atoms with van der Waals surface area (Å²) in [4.78, 5) is 2.39. The van der Waals surface area contributed by atoms with E-state index < -0.39 is 0 Å². The smallest absolute Gasteiger partial charge is 0.0467 e. The van der Waals surface area contributed by atoms with Crippen LogP contribution >= 0.6 is 11.3 Å². The molecule has 0 N–H and O–H groups in total. The molecule has 0 spiro atoms. The molecule has 10 rings (SSSR count). The van der Waals surface area contributed by atoms with E-state index in [2.05, 4.69) is 217 Å². The number of benzene rings is 9. The van der Waals surface area contributed by atoms with E-state index >= 15 is 0 Å². The van der Waals surface area contributed by atoms with Crippen molar-refractivity contribution in [1.29, 1.82) is 0 Å². The van der Waals surface area contributed by atoms with Crippen molar-refractivity contribution in [3.8, 4) is 44.5 Å². The Hall–Kier alpha value is -6.74. The fourth-order valence-electron chi connectivity index (χ4n) is 7.78. The van der Waals surface area contributed by atoms with E-state index in [-0.39, 0.29) is 0 Å². The first-order chi connectivity index (χ1) is 26.7. The van der Waals surface area contributed by atoms with E-state index in [9.17, 15) is 0 Å². The number of hydrogen-bond donors (Lipinski definition) is 0. The molecule has 0 aliphatic rings. The molecule has 0 aliphatic carbocycles. The fourth-order valence-corrected chi connectivity index (χ4v) is 8.92. The highest BCUT2D eigenvalue weighted by atomic mass is 32.1. The van der Waals surface area contributed by atoms with Gasteiger partial charge in [-0.1, -0.05) is 158 Å². The summed E-state index contributed by atoms with van der Waals surface area (Å²) in [7, 11) is 0. The van der Waals surface area contributed by atoms with E-state index in [1.165, 1.54) is 75.5 Å². The molecule has 0 bridgehead atoms. The highest BCUT2D eigenvalue weighted by Crippen LogP contribution is 2.41. The van der Waals surface area contributed by atoms with Crippen molar-refractivity contribution in [3.63, 3.8) is 0 Å². The summed E-state index contributed by atoms with van der Waals surface area (Å²) in [6.07, 6.45) is 0. The Labute approximate surface area is 319 Å². The molecular formula is C52H35NS. The molecule has 1 nitrogen and oxygen atoms in total. The van der Waals surface area contributed by atoms with Crippen molar-refractivity contribution in [2.45, 2.75) is 0 Å². The molecule has 9 aromatic carbocycles. The topological polar surface area (TPSA) is 3.24 Å². The number of anilines is 3. The molecule has 0 amide bonds. The largest absolute Gasteiger partial charge is 0.310 e. The van der Waals surface area contributed by atoms with Gasteiger partial charge in [-0.2, -0.15) is 0 Å². The van der Waals surface area contributed by atoms with Gasteiger partial charge in [-0.15, -0.1) is 11.3 Å². The molecule has 0 fully saturated rings. The lowest BCUT2D eigenvalue weighted by atomic mass is 9.97. The van der Waals surface area contributed by atoms with Crippen molar-refractivity contribution in [2.75, 3.05) is 4.90 Å². The minimum Gasteiger partial charge on any atom is -0.310 e. The Morgan fingerprint density at radius 3 is 1.61 bits per heavy atom. The van der Waals surface area contributed by atoms with Crippen LogP contribution in [0.2, 0.25) is 0 Å². The number of rotatable bonds is 7. The van der Waals surface area contributed by atoms with Gasteiger partial charge in [-0.25, -0.2) is 0 Å². The van der Waals surface area contributed by atoms with Gasteiger partial charge in [0.25, 0.3) is 0 Å². The molecule has 2 heteroatoms. The highest BCUT2D eigenvalue weighted by Gasteiger charge is 2.16. The highest BCUT2D eigenvalue weighted by molar-refractivity contribution is 7.25.